The SMILES string of the molecule is COc1cc(C)c([C@H](C)NC(=O)[C@@H]2CN(S(=O)(=O)c3ccc(C)cc3)c3cc(Cl)ccc3O2)cc1C(C)C. The van der Waals surface area contributed by atoms with E-state index in [0.29, 0.717) is 10.7 Å². The predicted molar refractivity (Wildman–Crippen MR) is 150 cm³/mol. The van der Waals surface area contributed by atoms with Gasteiger partial charge in [0, 0.05) is 5.02 Å². The molecule has 0 aromatic heterocycles. The molecule has 2 atom stereocenters. The normalized spacial score (nSPS) is 16.0. The Kier molecular flexibility index (Phi) is 7.95. The molecule has 7 nitrogen and oxygen atoms in total. The summed E-state index contributed by atoms with van der Waals surface area (Å²) in [6.45, 7) is 9.73. The fraction of sp³-hybridized carbons (Fsp3) is 0.345. The highest BCUT2D eigenvalue weighted by Gasteiger charge is 2.38. The number of carbonyl (C=O) groups excluding carboxylic acids is 1. The third-order valence-corrected chi connectivity index (χ3v) is 8.79. The minimum Gasteiger partial charge on any atom is -0.496 e. The van der Waals surface area contributed by atoms with Gasteiger partial charge < -0.3 is 14.8 Å². The van der Waals surface area contributed by atoms with E-state index in [1.54, 1.807) is 43.5 Å². The molecule has 38 heavy (non-hydrogen) atoms. The molecule has 0 saturated heterocycles. The number of sulfonamides is 1. The first-order chi connectivity index (χ1) is 17.9. The highest BCUT2D eigenvalue weighted by molar-refractivity contribution is 7.92. The van der Waals surface area contributed by atoms with Crippen LogP contribution in [0.2, 0.25) is 5.02 Å². The largest absolute Gasteiger partial charge is 0.496 e. The standard InChI is InChI=1S/C29H33ClN2O5S/c1-17(2)23-15-24(19(4)13-27(23)36-6)20(5)31-29(33)28-16-32(25-14-21(30)9-12-26(25)37-28)38(34,35)22-10-7-18(3)8-11-22/h7-15,17,20,28H,16H2,1-6H3,(H,31,33)/t20-,28-/m0/s1. The van der Waals surface area contributed by atoms with E-state index in [0.717, 1.165) is 28.0 Å². The number of halogens is 1. The summed E-state index contributed by atoms with van der Waals surface area (Å²) in [5.41, 5.74) is 4.21. The lowest BCUT2D eigenvalue weighted by atomic mass is 9.93. The van der Waals surface area contributed by atoms with Crippen molar-refractivity contribution in [1.29, 1.82) is 0 Å². The minimum atomic E-state index is -3.98. The van der Waals surface area contributed by atoms with Crippen LogP contribution in [0.5, 0.6) is 11.5 Å². The molecule has 1 aliphatic rings. The number of rotatable bonds is 7. The fourth-order valence-corrected chi connectivity index (χ4v) is 6.25. The summed E-state index contributed by atoms with van der Waals surface area (Å²) in [7, 11) is -2.34. The van der Waals surface area contributed by atoms with Crippen molar-refractivity contribution < 1.29 is 22.7 Å². The van der Waals surface area contributed by atoms with E-state index in [1.165, 1.54) is 10.4 Å². The number of nitrogens with one attached hydrogen (secondary N) is 1. The molecule has 1 N–H and O–H groups in total. The highest BCUT2D eigenvalue weighted by atomic mass is 35.5. The molecular weight excluding hydrogens is 524 g/mol. The first-order valence-electron chi connectivity index (χ1n) is 12.5. The molecule has 0 fully saturated rings. The first kappa shape index (κ1) is 27.8. The number of methoxy groups -OCH3 is 1. The molecule has 9 heteroatoms. The second-order valence-corrected chi connectivity index (χ2v) is 12.2. The maximum absolute atomic E-state index is 13.7. The van der Waals surface area contributed by atoms with Crippen molar-refractivity contribution in [2.75, 3.05) is 18.0 Å². The molecule has 0 radical (unpaired) electrons. The van der Waals surface area contributed by atoms with Gasteiger partial charge in [-0.3, -0.25) is 9.10 Å². The van der Waals surface area contributed by atoms with Crippen LogP contribution in [-0.4, -0.2) is 34.1 Å². The van der Waals surface area contributed by atoms with Crippen LogP contribution in [0.15, 0.2) is 59.5 Å². The number of anilines is 1. The number of fused-ring (bicyclic) bond motifs is 1. The molecule has 1 aliphatic heterocycles. The average molecular weight is 557 g/mol. The number of hydrogen-bond acceptors (Lipinski definition) is 5. The monoisotopic (exact) mass is 556 g/mol. The van der Waals surface area contributed by atoms with Crippen LogP contribution >= 0.6 is 11.6 Å². The highest BCUT2D eigenvalue weighted by Crippen LogP contribution is 2.39. The maximum Gasteiger partial charge on any atom is 0.264 e. The number of nitrogens with zero attached hydrogens (tertiary/aromatic N) is 1. The van der Waals surface area contributed by atoms with Gasteiger partial charge in [-0.25, -0.2) is 8.42 Å². The van der Waals surface area contributed by atoms with Crippen molar-refractivity contribution in [3.05, 3.63) is 81.9 Å². The van der Waals surface area contributed by atoms with E-state index in [1.807, 2.05) is 26.8 Å². The van der Waals surface area contributed by atoms with Crippen molar-refractivity contribution in [2.45, 2.75) is 57.6 Å². The van der Waals surface area contributed by atoms with Gasteiger partial charge in [-0.2, -0.15) is 0 Å². The van der Waals surface area contributed by atoms with Crippen LogP contribution < -0.4 is 19.1 Å². The summed E-state index contributed by atoms with van der Waals surface area (Å²) >= 11 is 6.20. The predicted octanol–water partition coefficient (Wildman–Crippen LogP) is 5.92. The van der Waals surface area contributed by atoms with Crippen LogP contribution in [0, 0.1) is 13.8 Å². The summed E-state index contributed by atoms with van der Waals surface area (Å²) in [6.07, 6.45) is -1.06. The van der Waals surface area contributed by atoms with Gasteiger partial charge in [0.1, 0.15) is 11.5 Å². The smallest absolute Gasteiger partial charge is 0.264 e. The van der Waals surface area contributed by atoms with Gasteiger partial charge in [-0.1, -0.05) is 43.1 Å². The Labute approximate surface area is 229 Å². The summed E-state index contributed by atoms with van der Waals surface area (Å²) in [5, 5.41) is 3.38. The van der Waals surface area contributed by atoms with Crippen molar-refractivity contribution >= 4 is 33.2 Å². The summed E-state index contributed by atoms with van der Waals surface area (Å²) < 4.78 is 40.1. The number of carbonyl (C=O) groups is 1. The molecule has 0 unspecified atom stereocenters. The number of amides is 1. The van der Waals surface area contributed by atoms with Gasteiger partial charge in [-0.15, -0.1) is 0 Å². The molecule has 4 rings (SSSR count). The van der Waals surface area contributed by atoms with Crippen molar-refractivity contribution in [1.82, 2.24) is 5.32 Å². The van der Waals surface area contributed by atoms with Gasteiger partial charge in [0.05, 0.1) is 30.3 Å². The molecule has 0 saturated carbocycles. The third kappa shape index (κ3) is 5.47. The van der Waals surface area contributed by atoms with Crippen LogP contribution in [0.4, 0.5) is 5.69 Å². The summed E-state index contributed by atoms with van der Waals surface area (Å²) in [4.78, 5) is 13.6. The zero-order valence-corrected chi connectivity index (χ0v) is 24.0. The van der Waals surface area contributed by atoms with Gasteiger partial charge in [0.2, 0.25) is 0 Å². The van der Waals surface area contributed by atoms with Gasteiger partial charge in [-0.05, 0) is 85.8 Å². The van der Waals surface area contributed by atoms with Crippen LogP contribution in [0.25, 0.3) is 0 Å². The maximum atomic E-state index is 13.7. The number of benzene rings is 3. The Morgan fingerprint density at radius 1 is 1.05 bits per heavy atom. The van der Waals surface area contributed by atoms with Crippen LogP contribution in [0.3, 0.4) is 0 Å². The van der Waals surface area contributed by atoms with Gasteiger partial charge >= 0.3 is 0 Å². The van der Waals surface area contributed by atoms with E-state index >= 15 is 0 Å². The molecule has 0 spiro atoms. The topological polar surface area (TPSA) is 84.9 Å². The summed E-state index contributed by atoms with van der Waals surface area (Å²) in [6, 6.07) is 15.0. The van der Waals surface area contributed by atoms with E-state index < -0.39 is 22.0 Å². The molecule has 0 bridgehead atoms. The molecule has 1 heterocycles. The molecular formula is C29H33ClN2O5S. The molecule has 3 aromatic rings. The molecule has 0 aliphatic carbocycles. The van der Waals surface area contributed by atoms with E-state index in [-0.39, 0.29) is 29.1 Å². The van der Waals surface area contributed by atoms with E-state index in [4.69, 9.17) is 21.1 Å². The number of aryl methyl sites for hydroxylation is 2. The van der Waals surface area contributed by atoms with Crippen molar-refractivity contribution in [3.8, 4) is 11.5 Å². The zero-order valence-electron chi connectivity index (χ0n) is 22.4. The second kappa shape index (κ2) is 10.9. The third-order valence-electron chi connectivity index (χ3n) is 6.76. The zero-order chi connectivity index (χ0) is 27.8. The van der Waals surface area contributed by atoms with Gasteiger partial charge in [0.15, 0.2) is 6.10 Å². The Morgan fingerprint density at radius 2 is 1.74 bits per heavy atom. The Hall–Kier alpha value is -3.23. The Bertz CT molecular complexity index is 1450. The second-order valence-electron chi connectivity index (χ2n) is 9.90. The van der Waals surface area contributed by atoms with E-state index in [9.17, 15) is 13.2 Å². The molecule has 3 aromatic carbocycles. The van der Waals surface area contributed by atoms with Gasteiger partial charge in [0.25, 0.3) is 15.9 Å². The Morgan fingerprint density at radius 3 is 2.37 bits per heavy atom. The van der Waals surface area contributed by atoms with Crippen molar-refractivity contribution in [3.63, 3.8) is 0 Å². The van der Waals surface area contributed by atoms with Crippen LogP contribution in [0.1, 0.15) is 55.0 Å². The Balaban J connectivity index is 1.64. The van der Waals surface area contributed by atoms with Crippen molar-refractivity contribution in [2.24, 2.45) is 0 Å². The minimum absolute atomic E-state index is 0.124. The number of ether oxygens (including phenoxy) is 2. The van der Waals surface area contributed by atoms with E-state index in [2.05, 4.69) is 25.2 Å². The fourth-order valence-electron chi connectivity index (χ4n) is 4.62. The summed E-state index contributed by atoms with van der Waals surface area (Å²) in [5.74, 6) is 0.899. The first-order valence-corrected chi connectivity index (χ1v) is 14.3. The lowest BCUT2D eigenvalue weighted by molar-refractivity contribution is -0.128. The molecule has 1 amide bonds. The number of hydrogen-bond donors (Lipinski definition) is 1. The average Bonchev–Trinajstić information content (AvgIpc) is 2.87. The molecule has 202 valence electrons. The lowest BCUT2D eigenvalue weighted by Gasteiger charge is -2.35. The van der Waals surface area contributed by atoms with Crippen LogP contribution in [-0.2, 0) is 14.8 Å². The lowest BCUT2D eigenvalue weighted by Crippen LogP contribution is -2.51. The quantitative estimate of drug-likeness (QED) is 0.390.